The first-order chi connectivity index (χ1) is 22.6. The highest BCUT2D eigenvalue weighted by Gasteiger charge is 2.22. The Morgan fingerprint density at radius 2 is 1.79 bits per heavy atom. The number of amides is 1. The summed E-state index contributed by atoms with van der Waals surface area (Å²) in [7, 11) is -3.67. The Balaban J connectivity index is 1.20. The number of carbonyl (C=O) groups is 1. The Kier molecular flexibility index (Phi) is 7.98. The standard InChI is InChI=1S/C33H32FN9O3S/c1-47(45,46)32(35)20-10-19(11-22(34)12-20)24-16-37-17-27-29(24)41-33(40-27)31-30-26(42-43-31)8-7-25(39-30)21-13-23(15-36-14-21)38-28(44)9-18-5-3-2-4-6-18/h7-8,10-18,32H,2-6,9,35H2,1H3,(H,38,44)(H,40,41)(H,42,43). The third-order valence-electron chi connectivity index (χ3n) is 8.56. The van der Waals surface area contributed by atoms with Crippen LogP contribution in [-0.4, -0.2) is 55.7 Å². The summed E-state index contributed by atoms with van der Waals surface area (Å²) in [6.45, 7) is 0. The summed E-state index contributed by atoms with van der Waals surface area (Å²) in [4.78, 5) is 34.2. The van der Waals surface area contributed by atoms with Gasteiger partial charge in [-0.15, -0.1) is 0 Å². The number of hydrogen-bond donors (Lipinski definition) is 4. The molecule has 0 saturated heterocycles. The number of nitrogens with one attached hydrogen (secondary N) is 3. The van der Waals surface area contributed by atoms with Gasteiger partial charge in [0.25, 0.3) is 0 Å². The first kappa shape index (κ1) is 30.6. The molecule has 5 heterocycles. The van der Waals surface area contributed by atoms with Crippen LogP contribution in [0.15, 0.2) is 61.2 Å². The Bertz CT molecular complexity index is 2240. The summed E-state index contributed by atoms with van der Waals surface area (Å²) in [5, 5.41) is 9.07. The van der Waals surface area contributed by atoms with Gasteiger partial charge in [0, 0.05) is 36.2 Å². The van der Waals surface area contributed by atoms with E-state index in [9.17, 15) is 17.6 Å². The number of nitrogens with two attached hydrogens (primary N) is 1. The van der Waals surface area contributed by atoms with E-state index in [4.69, 9.17) is 15.7 Å². The summed E-state index contributed by atoms with van der Waals surface area (Å²) in [6, 6.07) is 9.46. The van der Waals surface area contributed by atoms with E-state index in [1.807, 2.05) is 18.2 Å². The van der Waals surface area contributed by atoms with Crippen LogP contribution < -0.4 is 11.1 Å². The Morgan fingerprint density at radius 3 is 2.60 bits per heavy atom. The molecule has 14 heteroatoms. The lowest BCUT2D eigenvalue weighted by atomic mass is 9.87. The fourth-order valence-electron chi connectivity index (χ4n) is 6.17. The van der Waals surface area contributed by atoms with Crippen LogP contribution in [0.3, 0.4) is 0 Å². The van der Waals surface area contributed by atoms with Gasteiger partial charge in [-0.1, -0.05) is 19.3 Å². The van der Waals surface area contributed by atoms with Crippen LogP contribution in [0, 0.1) is 11.7 Å². The van der Waals surface area contributed by atoms with E-state index in [-0.39, 0.29) is 11.5 Å². The predicted octanol–water partition coefficient (Wildman–Crippen LogP) is 5.68. The van der Waals surface area contributed by atoms with Crippen molar-refractivity contribution in [2.45, 2.75) is 43.9 Å². The second-order valence-electron chi connectivity index (χ2n) is 12.1. The average Bonchev–Trinajstić information content (AvgIpc) is 3.68. The molecular formula is C33H32FN9O3S. The molecular weight excluding hydrogens is 621 g/mol. The summed E-state index contributed by atoms with van der Waals surface area (Å²) < 4.78 is 38.8. The lowest BCUT2D eigenvalue weighted by molar-refractivity contribution is -0.117. The number of halogens is 1. The molecule has 6 aromatic rings. The molecule has 1 saturated carbocycles. The van der Waals surface area contributed by atoms with Gasteiger partial charge >= 0.3 is 0 Å². The van der Waals surface area contributed by atoms with Gasteiger partial charge < -0.3 is 16.0 Å². The number of aromatic nitrogens is 7. The smallest absolute Gasteiger partial charge is 0.224 e. The van der Waals surface area contributed by atoms with Crippen molar-refractivity contribution in [3.8, 4) is 33.9 Å². The van der Waals surface area contributed by atoms with Crippen LogP contribution in [0.25, 0.3) is 56.0 Å². The zero-order chi connectivity index (χ0) is 32.7. The highest BCUT2D eigenvalue weighted by atomic mass is 32.2. The van der Waals surface area contributed by atoms with Gasteiger partial charge in [0.05, 0.1) is 40.3 Å². The minimum absolute atomic E-state index is 0.0113. The molecule has 7 rings (SSSR count). The molecule has 1 unspecified atom stereocenters. The number of fused-ring (bicyclic) bond motifs is 2. The number of aromatic amines is 2. The van der Waals surface area contributed by atoms with Crippen molar-refractivity contribution in [2.75, 3.05) is 11.6 Å². The number of imidazole rings is 1. The third-order valence-corrected chi connectivity index (χ3v) is 9.76. The maximum Gasteiger partial charge on any atom is 0.224 e. The van der Waals surface area contributed by atoms with Crippen LogP contribution >= 0.6 is 0 Å². The summed E-state index contributed by atoms with van der Waals surface area (Å²) >= 11 is 0. The number of hydrogen-bond acceptors (Lipinski definition) is 9. The lowest BCUT2D eigenvalue weighted by Gasteiger charge is -2.20. The first-order valence-corrected chi connectivity index (χ1v) is 17.3. The van der Waals surface area contributed by atoms with E-state index in [0.717, 1.165) is 30.7 Å². The van der Waals surface area contributed by atoms with Crippen LogP contribution in [0.5, 0.6) is 0 Å². The second-order valence-corrected chi connectivity index (χ2v) is 14.2. The number of benzene rings is 1. The number of sulfone groups is 1. The molecule has 1 aliphatic rings. The monoisotopic (exact) mass is 653 g/mol. The van der Waals surface area contributed by atoms with E-state index in [0.29, 0.717) is 68.4 Å². The second kappa shape index (κ2) is 12.3. The number of carbonyl (C=O) groups excluding carboxylic acids is 1. The molecule has 240 valence electrons. The molecule has 1 fully saturated rings. The van der Waals surface area contributed by atoms with Crippen molar-refractivity contribution in [2.24, 2.45) is 11.7 Å². The molecule has 1 aliphatic carbocycles. The normalized spacial score (nSPS) is 14.9. The average molecular weight is 654 g/mol. The van der Waals surface area contributed by atoms with Gasteiger partial charge in [-0.2, -0.15) is 5.10 Å². The van der Waals surface area contributed by atoms with E-state index in [1.165, 1.54) is 37.6 Å². The van der Waals surface area contributed by atoms with Crippen LogP contribution in [0.4, 0.5) is 10.1 Å². The summed E-state index contributed by atoms with van der Waals surface area (Å²) in [6.07, 6.45) is 13.7. The largest absolute Gasteiger partial charge is 0.335 e. The minimum Gasteiger partial charge on any atom is -0.335 e. The molecule has 47 heavy (non-hydrogen) atoms. The highest BCUT2D eigenvalue weighted by Crippen LogP contribution is 2.33. The number of nitrogens with zero attached hydrogens (tertiary/aromatic N) is 5. The van der Waals surface area contributed by atoms with E-state index >= 15 is 0 Å². The van der Waals surface area contributed by atoms with Gasteiger partial charge in [-0.3, -0.25) is 19.9 Å². The first-order valence-electron chi connectivity index (χ1n) is 15.3. The molecule has 1 atom stereocenters. The number of anilines is 1. The van der Waals surface area contributed by atoms with Gasteiger partial charge in [-0.05, 0) is 66.3 Å². The van der Waals surface area contributed by atoms with Crippen LogP contribution in [0.1, 0.15) is 49.5 Å². The maximum atomic E-state index is 14.7. The van der Waals surface area contributed by atoms with Gasteiger partial charge in [0.15, 0.2) is 21.4 Å². The van der Waals surface area contributed by atoms with Crippen molar-refractivity contribution >= 4 is 43.5 Å². The number of rotatable bonds is 8. The van der Waals surface area contributed by atoms with E-state index < -0.39 is 21.0 Å². The van der Waals surface area contributed by atoms with Crippen molar-refractivity contribution in [1.29, 1.82) is 0 Å². The molecule has 0 bridgehead atoms. The topological polar surface area (TPSA) is 185 Å². The molecule has 1 amide bonds. The Hall–Kier alpha value is -5.08. The molecule has 5 N–H and O–H groups in total. The Labute approximate surface area is 269 Å². The molecule has 12 nitrogen and oxygen atoms in total. The summed E-state index contributed by atoms with van der Waals surface area (Å²) in [5.41, 5.74) is 11.6. The fraction of sp³-hybridized carbons (Fsp3) is 0.273. The quantitative estimate of drug-likeness (QED) is 0.160. The van der Waals surface area contributed by atoms with Crippen molar-refractivity contribution in [1.82, 2.24) is 35.1 Å². The van der Waals surface area contributed by atoms with Gasteiger partial charge in [-0.25, -0.2) is 22.8 Å². The fourth-order valence-corrected chi connectivity index (χ4v) is 6.80. The minimum atomic E-state index is -3.67. The van der Waals surface area contributed by atoms with Crippen molar-refractivity contribution < 1.29 is 17.6 Å². The van der Waals surface area contributed by atoms with Crippen molar-refractivity contribution in [3.05, 3.63) is 72.6 Å². The van der Waals surface area contributed by atoms with Crippen LogP contribution in [0.2, 0.25) is 0 Å². The molecule has 5 aromatic heterocycles. The van der Waals surface area contributed by atoms with E-state index in [1.54, 1.807) is 18.6 Å². The lowest BCUT2D eigenvalue weighted by Crippen LogP contribution is -2.20. The third kappa shape index (κ3) is 6.33. The molecule has 1 aromatic carbocycles. The Morgan fingerprint density at radius 1 is 0.979 bits per heavy atom. The predicted molar refractivity (Wildman–Crippen MR) is 177 cm³/mol. The van der Waals surface area contributed by atoms with Crippen molar-refractivity contribution in [3.63, 3.8) is 0 Å². The number of H-pyrrole nitrogens is 2. The van der Waals surface area contributed by atoms with E-state index in [2.05, 4.69) is 30.5 Å². The highest BCUT2D eigenvalue weighted by molar-refractivity contribution is 7.90. The molecule has 0 radical (unpaired) electrons. The van der Waals surface area contributed by atoms with Gasteiger partial charge in [0.1, 0.15) is 16.7 Å². The summed E-state index contributed by atoms with van der Waals surface area (Å²) in [5.74, 6) is 0.180. The van der Waals surface area contributed by atoms with Crippen LogP contribution in [-0.2, 0) is 14.6 Å². The van der Waals surface area contributed by atoms with Gasteiger partial charge in [0.2, 0.25) is 5.91 Å². The molecule has 0 spiro atoms. The number of pyridine rings is 3. The zero-order valence-corrected chi connectivity index (χ0v) is 26.3. The zero-order valence-electron chi connectivity index (χ0n) is 25.5. The SMILES string of the molecule is CS(=O)(=O)C(N)c1cc(F)cc(-c2cncc3[nH]c(-c4n[nH]c5ccc(-c6cncc(NC(=O)CC7CCCCC7)c6)nc45)nc23)c1. The molecule has 0 aliphatic heterocycles. The maximum absolute atomic E-state index is 14.7.